The maximum atomic E-state index is 13.2. The van der Waals surface area contributed by atoms with E-state index in [9.17, 15) is 14.0 Å². The predicted octanol–water partition coefficient (Wildman–Crippen LogP) is 1.84. The molecule has 0 saturated carbocycles. The summed E-state index contributed by atoms with van der Waals surface area (Å²) in [5.41, 5.74) is 0.346. The second-order valence-electron chi connectivity index (χ2n) is 5.14. The van der Waals surface area contributed by atoms with E-state index in [-0.39, 0.29) is 11.5 Å². The summed E-state index contributed by atoms with van der Waals surface area (Å²) in [5, 5.41) is 4.82. The van der Waals surface area contributed by atoms with Crippen molar-refractivity contribution in [2.24, 2.45) is 0 Å². The van der Waals surface area contributed by atoms with Crippen LogP contribution < -0.4 is 5.56 Å². The Balaban J connectivity index is 2.11. The molecular weight excluding hydrogens is 273 g/mol. The van der Waals surface area contributed by atoms with Gasteiger partial charge in [-0.3, -0.25) is 9.59 Å². The highest BCUT2D eigenvalue weighted by molar-refractivity contribution is 5.84. The van der Waals surface area contributed by atoms with Crippen molar-refractivity contribution >= 4 is 16.7 Å². The Morgan fingerprint density at radius 3 is 2.90 bits per heavy atom. The predicted molar refractivity (Wildman–Crippen MR) is 76.1 cm³/mol. The maximum Gasteiger partial charge on any atom is 0.275 e. The summed E-state index contributed by atoms with van der Waals surface area (Å²) in [5.74, 6) is -0.631. The second kappa shape index (κ2) is 4.80. The molecule has 108 valence electrons. The molecule has 21 heavy (non-hydrogen) atoms. The van der Waals surface area contributed by atoms with Crippen LogP contribution in [0.1, 0.15) is 18.9 Å². The number of hydrogen-bond donors (Lipinski definition) is 0. The minimum Gasteiger partial charge on any atom is -0.318 e. The molecule has 0 aliphatic carbocycles. The molecule has 0 N–H and O–H groups in total. The van der Waals surface area contributed by atoms with Gasteiger partial charge in [0.15, 0.2) is 0 Å². The van der Waals surface area contributed by atoms with Crippen molar-refractivity contribution in [1.82, 2.24) is 14.7 Å². The van der Waals surface area contributed by atoms with E-state index < -0.39 is 11.9 Å². The second-order valence-corrected chi connectivity index (χ2v) is 5.14. The summed E-state index contributed by atoms with van der Waals surface area (Å²) in [4.78, 5) is 26.2. The molecule has 1 aliphatic rings. The van der Waals surface area contributed by atoms with Crippen LogP contribution in [0.4, 0.5) is 4.39 Å². The number of piperidine rings is 1. The fourth-order valence-corrected chi connectivity index (χ4v) is 2.56. The number of nitrogens with zero attached hydrogens (tertiary/aromatic N) is 3. The van der Waals surface area contributed by atoms with E-state index in [0.717, 1.165) is 5.70 Å². The molecule has 2 heterocycles. The molecule has 1 atom stereocenters. The molecule has 1 aromatic carbocycles. The van der Waals surface area contributed by atoms with E-state index in [2.05, 4.69) is 11.7 Å². The Morgan fingerprint density at radius 1 is 1.38 bits per heavy atom. The van der Waals surface area contributed by atoms with Gasteiger partial charge in [0.1, 0.15) is 11.9 Å². The van der Waals surface area contributed by atoms with Gasteiger partial charge in [0.25, 0.3) is 11.5 Å². The molecule has 1 aromatic heterocycles. The number of amides is 1. The lowest BCUT2D eigenvalue weighted by Crippen LogP contribution is -2.42. The first-order chi connectivity index (χ1) is 9.99. The van der Waals surface area contributed by atoms with Crippen LogP contribution >= 0.6 is 0 Å². The topological polar surface area (TPSA) is 55.2 Å². The first-order valence-electron chi connectivity index (χ1n) is 6.61. The number of halogens is 1. The van der Waals surface area contributed by atoms with Gasteiger partial charge < -0.3 is 4.90 Å². The van der Waals surface area contributed by atoms with E-state index in [4.69, 9.17) is 0 Å². The van der Waals surface area contributed by atoms with Crippen molar-refractivity contribution in [1.29, 1.82) is 0 Å². The summed E-state index contributed by atoms with van der Waals surface area (Å²) in [6.45, 7) is 3.81. The van der Waals surface area contributed by atoms with Crippen LogP contribution in [0, 0.1) is 5.82 Å². The number of aromatic nitrogens is 2. The highest BCUT2D eigenvalue weighted by Gasteiger charge is 2.31. The van der Waals surface area contributed by atoms with Crippen LogP contribution in [0.5, 0.6) is 0 Å². The lowest BCUT2D eigenvalue weighted by atomic mass is 10.0. The van der Waals surface area contributed by atoms with Crippen molar-refractivity contribution in [3.8, 4) is 0 Å². The van der Waals surface area contributed by atoms with Crippen molar-refractivity contribution in [3.05, 3.63) is 52.8 Å². The molecule has 1 amide bonds. The number of likely N-dealkylation sites (N-methyl/N-ethyl adjacent to an activating group) is 1. The molecule has 1 fully saturated rings. The number of allylic oxidation sites excluding steroid dienone is 1. The Kier molecular flexibility index (Phi) is 3.08. The van der Waals surface area contributed by atoms with Gasteiger partial charge >= 0.3 is 0 Å². The number of hydrogen-bond acceptors (Lipinski definition) is 3. The van der Waals surface area contributed by atoms with Gasteiger partial charge in [-0.15, -0.1) is 0 Å². The van der Waals surface area contributed by atoms with Gasteiger partial charge in [-0.2, -0.15) is 5.10 Å². The third-order valence-electron chi connectivity index (χ3n) is 3.86. The number of carbonyl (C=O) groups is 1. The molecule has 0 bridgehead atoms. The normalized spacial score (nSPS) is 19.3. The standard InChI is InChI=1S/C15H14FN3O2/c1-9-3-6-13(15(21)18(9)2)19-14(20)12-5-4-11(16)7-10(12)8-17-19/h4-5,7-8,13H,1,3,6H2,2H3. The molecule has 1 saturated heterocycles. The molecule has 0 radical (unpaired) electrons. The van der Waals surface area contributed by atoms with Gasteiger partial charge in [0.2, 0.25) is 0 Å². The lowest BCUT2D eigenvalue weighted by molar-refractivity contribution is -0.134. The molecule has 5 nitrogen and oxygen atoms in total. The third kappa shape index (κ3) is 2.12. The molecular formula is C15H14FN3O2. The summed E-state index contributed by atoms with van der Waals surface area (Å²) in [6.07, 6.45) is 2.53. The van der Waals surface area contributed by atoms with Gasteiger partial charge in [-0.1, -0.05) is 6.58 Å². The van der Waals surface area contributed by atoms with Gasteiger partial charge in [-0.05, 0) is 31.0 Å². The minimum absolute atomic E-state index is 0.206. The van der Waals surface area contributed by atoms with Crippen LogP contribution in [-0.2, 0) is 4.79 Å². The fraction of sp³-hybridized carbons (Fsp3) is 0.267. The summed E-state index contributed by atoms with van der Waals surface area (Å²) >= 11 is 0. The Hall–Kier alpha value is -2.50. The quantitative estimate of drug-likeness (QED) is 0.804. The molecule has 2 aromatic rings. The van der Waals surface area contributed by atoms with Crippen molar-refractivity contribution in [2.75, 3.05) is 7.05 Å². The van der Waals surface area contributed by atoms with Crippen LogP contribution in [0.15, 0.2) is 41.5 Å². The van der Waals surface area contributed by atoms with Crippen molar-refractivity contribution < 1.29 is 9.18 Å². The van der Waals surface area contributed by atoms with Crippen molar-refractivity contribution in [3.63, 3.8) is 0 Å². The van der Waals surface area contributed by atoms with E-state index >= 15 is 0 Å². The third-order valence-corrected chi connectivity index (χ3v) is 3.86. The maximum absolute atomic E-state index is 13.2. The van der Waals surface area contributed by atoms with E-state index in [1.54, 1.807) is 7.05 Å². The van der Waals surface area contributed by atoms with Crippen molar-refractivity contribution in [2.45, 2.75) is 18.9 Å². The van der Waals surface area contributed by atoms with Crippen LogP contribution in [0.2, 0.25) is 0 Å². The highest BCUT2D eigenvalue weighted by atomic mass is 19.1. The van der Waals surface area contributed by atoms with Crippen LogP contribution in [0.25, 0.3) is 10.8 Å². The molecule has 0 spiro atoms. The summed E-state index contributed by atoms with van der Waals surface area (Å²) in [7, 11) is 1.64. The number of carbonyl (C=O) groups excluding carboxylic acids is 1. The van der Waals surface area contributed by atoms with E-state index in [0.29, 0.717) is 23.6 Å². The van der Waals surface area contributed by atoms with Crippen LogP contribution in [-0.4, -0.2) is 27.6 Å². The Bertz CT molecular complexity index is 812. The largest absolute Gasteiger partial charge is 0.318 e. The van der Waals surface area contributed by atoms with Gasteiger partial charge in [-0.25, -0.2) is 9.07 Å². The molecule has 3 rings (SSSR count). The van der Waals surface area contributed by atoms with E-state index in [1.165, 1.54) is 34.0 Å². The summed E-state index contributed by atoms with van der Waals surface area (Å²) in [6, 6.07) is 3.26. The lowest BCUT2D eigenvalue weighted by Gasteiger charge is -2.31. The fourth-order valence-electron chi connectivity index (χ4n) is 2.56. The summed E-state index contributed by atoms with van der Waals surface area (Å²) < 4.78 is 14.4. The van der Waals surface area contributed by atoms with Crippen LogP contribution in [0.3, 0.4) is 0 Å². The SMILES string of the molecule is C=C1CCC(n2ncc3cc(F)ccc3c2=O)C(=O)N1C. The molecule has 1 aliphatic heterocycles. The average molecular weight is 287 g/mol. The first kappa shape index (κ1) is 13.5. The zero-order valence-corrected chi connectivity index (χ0v) is 11.5. The van der Waals surface area contributed by atoms with Gasteiger partial charge in [0, 0.05) is 18.1 Å². The molecule has 6 heteroatoms. The average Bonchev–Trinajstić information content (AvgIpc) is 2.46. The first-order valence-corrected chi connectivity index (χ1v) is 6.61. The number of fused-ring (bicyclic) bond motifs is 1. The minimum atomic E-state index is -0.637. The molecule has 1 unspecified atom stereocenters. The highest BCUT2D eigenvalue weighted by Crippen LogP contribution is 2.26. The zero-order valence-electron chi connectivity index (χ0n) is 11.5. The Morgan fingerprint density at radius 2 is 2.14 bits per heavy atom. The zero-order chi connectivity index (χ0) is 15.1. The smallest absolute Gasteiger partial charge is 0.275 e. The number of rotatable bonds is 1. The number of likely N-dealkylation sites (tertiary alicyclic amines) is 1. The van der Waals surface area contributed by atoms with E-state index in [1.807, 2.05) is 0 Å². The monoisotopic (exact) mass is 287 g/mol. The van der Waals surface area contributed by atoms with Gasteiger partial charge in [0.05, 0.1) is 11.6 Å². The number of benzene rings is 1. The Labute approximate surface area is 120 Å².